The number of rotatable bonds is 5. The van der Waals surface area contributed by atoms with E-state index in [0.717, 1.165) is 24.4 Å². The van der Waals surface area contributed by atoms with Gasteiger partial charge < -0.3 is 5.32 Å². The molecule has 0 aromatic carbocycles. The number of hydrogen-bond donors (Lipinski definition) is 1. The largest absolute Gasteiger partial charge is 0.311 e. The van der Waals surface area contributed by atoms with E-state index in [1.165, 1.54) is 5.56 Å². The zero-order chi connectivity index (χ0) is 13.0. The van der Waals surface area contributed by atoms with E-state index in [-0.39, 0.29) is 6.04 Å². The lowest BCUT2D eigenvalue weighted by Crippen LogP contribution is -2.20. The summed E-state index contributed by atoms with van der Waals surface area (Å²) < 4.78 is 1.95. The molecule has 0 saturated heterocycles. The van der Waals surface area contributed by atoms with Crippen LogP contribution in [0.1, 0.15) is 29.9 Å². The van der Waals surface area contributed by atoms with Gasteiger partial charge in [-0.15, -0.1) is 0 Å². The molecule has 96 valence electrons. The zero-order valence-electron chi connectivity index (χ0n) is 11.2. The van der Waals surface area contributed by atoms with Gasteiger partial charge >= 0.3 is 0 Å². The summed E-state index contributed by atoms with van der Waals surface area (Å²) in [7, 11) is 1.97. The predicted molar refractivity (Wildman–Crippen MR) is 72.4 cm³/mol. The van der Waals surface area contributed by atoms with Crippen LogP contribution in [-0.2, 0) is 13.0 Å². The first-order valence-electron chi connectivity index (χ1n) is 6.35. The Morgan fingerprint density at radius 3 is 2.83 bits per heavy atom. The van der Waals surface area contributed by atoms with Gasteiger partial charge in [-0.3, -0.25) is 9.67 Å². The molecule has 0 spiro atoms. The van der Waals surface area contributed by atoms with Crippen molar-refractivity contribution >= 4 is 0 Å². The van der Waals surface area contributed by atoms with Crippen LogP contribution in [0, 0.1) is 6.92 Å². The van der Waals surface area contributed by atoms with Crippen LogP contribution in [0.25, 0.3) is 0 Å². The van der Waals surface area contributed by atoms with Crippen molar-refractivity contribution in [2.24, 2.45) is 0 Å². The fourth-order valence-corrected chi connectivity index (χ4v) is 2.03. The first-order chi connectivity index (χ1) is 8.72. The highest BCUT2D eigenvalue weighted by atomic mass is 15.3. The maximum Gasteiger partial charge on any atom is 0.0579 e. The molecule has 1 atom stereocenters. The molecule has 0 bridgehead atoms. The molecule has 0 radical (unpaired) electrons. The lowest BCUT2D eigenvalue weighted by atomic mass is 10.1. The Labute approximate surface area is 108 Å². The van der Waals surface area contributed by atoms with Gasteiger partial charge in [0.15, 0.2) is 0 Å². The lowest BCUT2D eigenvalue weighted by molar-refractivity contribution is 0.573. The van der Waals surface area contributed by atoms with E-state index in [0.29, 0.717) is 0 Å². The standard InChI is InChI=1S/C14H20N4/c1-4-18-10-12(9-16-18)8-14(15-3)13-7-5-6-11(2)17-13/h5-7,9-10,14-15H,4,8H2,1-3H3. The van der Waals surface area contributed by atoms with Gasteiger partial charge in [0.05, 0.1) is 17.9 Å². The van der Waals surface area contributed by atoms with Crippen molar-refractivity contribution < 1.29 is 0 Å². The predicted octanol–water partition coefficient (Wildman–Crippen LogP) is 2.11. The number of hydrogen-bond acceptors (Lipinski definition) is 3. The molecule has 2 heterocycles. The second-order valence-corrected chi connectivity index (χ2v) is 4.45. The Kier molecular flexibility index (Phi) is 4.10. The van der Waals surface area contributed by atoms with Crippen molar-refractivity contribution in [3.05, 3.63) is 47.5 Å². The number of pyridine rings is 1. The minimum Gasteiger partial charge on any atom is -0.311 e. The fraction of sp³-hybridized carbons (Fsp3) is 0.429. The van der Waals surface area contributed by atoms with E-state index < -0.39 is 0 Å². The van der Waals surface area contributed by atoms with Crippen LogP contribution in [0.15, 0.2) is 30.6 Å². The highest BCUT2D eigenvalue weighted by molar-refractivity contribution is 5.17. The normalized spacial score (nSPS) is 12.6. The summed E-state index contributed by atoms with van der Waals surface area (Å²) >= 11 is 0. The number of aryl methyl sites for hydroxylation is 2. The van der Waals surface area contributed by atoms with Gasteiger partial charge in [0.25, 0.3) is 0 Å². The third-order valence-electron chi connectivity index (χ3n) is 3.07. The Morgan fingerprint density at radius 1 is 1.39 bits per heavy atom. The van der Waals surface area contributed by atoms with E-state index >= 15 is 0 Å². The van der Waals surface area contributed by atoms with E-state index in [1.54, 1.807) is 0 Å². The van der Waals surface area contributed by atoms with Crippen molar-refractivity contribution in [3.63, 3.8) is 0 Å². The second kappa shape index (κ2) is 5.78. The molecule has 2 aromatic heterocycles. The summed E-state index contributed by atoms with van der Waals surface area (Å²) in [5.74, 6) is 0. The second-order valence-electron chi connectivity index (χ2n) is 4.45. The molecule has 0 aliphatic rings. The van der Waals surface area contributed by atoms with E-state index in [2.05, 4.69) is 40.7 Å². The highest BCUT2D eigenvalue weighted by Crippen LogP contribution is 2.16. The van der Waals surface area contributed by atoms with Gasteiger partial charge in [0, 0.05) is 18.4 Å². The van der Waals surface area contributed by atoms with E-state index in [1.807, 2.05) is 30.9 Å². The molecule has 1 unspecified atom stereocenters. The van der Waals surface area contributed by atoms with Gasteiger partial charge in [0.2, 0.25) is 0 Å². The monoisotopic (exact) mass is 244 g/mol. The molecule has 0 aliphatic heterocycles. The molecule has 0 fully saturated rings. The number of aromatic nitrogens is 3. The summed E-state index contributed by atoms with van der Waals surface area (Å²) in [6.45, 7) is 5.02. The Balaban J connectivity index is 2.14. The van der Waals surface area contributed by atoms with E-state index in [4.69, 9.17) is 0 Å². The van der Waals surface area contributed by atoms with Crippen molar-refractivity contribution in [3.8, 4) is 0 Å². The summed E-state index contributed by atoms with van der Waals surface area (Å²) in [4.78, 5) is 4.58. The lowest BCUT2D eigenvalue weighted by Gasteiger charge is -2.15. The Bertz CT molecular complexity index is 504. The highest BCUT2D eigenvalue weighted by Gasteiger charge is 2.12. The average Bonchev–Trinajstić information content (AvgIpc) is 2.83. The first-order valence-corrected chi connectivity index (χ1v) is 6.35. The SMILES string of the molecule is CCn1cc(CC(NC)c2cccc(C)n2)cn1. The maximum atomic E-state index is 4.58. The van der Waals surface area contributed by atoms with Crippen LogP contribution in [-0.4, -0.2) is 21.8 Å². The van der Waals surface area contributed by atoms with Crippen molar-refractivity contribution in [2.45, 2.75) is 32.9 Å². The van der Waals surface area contributed by atoms with Gasteiger partial charge in [0.1, 0.15) is 0 Å². The molecule has 0 amide bonds. The molecule has 2 rings (SSSR count). The summed E-state index contributed by atoms with van der Waals surface area (Å²) in [5, 5.41) is 7.62. The van der Waals surface area contributed by atoms with Gasteiger partial charge in [-0.1, -0.05) is 6.07 Å². The molecule has 0 saturated carbocycles. The van der Waals surface area contributed by atoms with Crippen LogP contribution in [0.4, 0.5) is 0 Å². The van der Waals surface area contributed by atoms with Crippen LogP contribution in [0.5, 0.6) is 0 Å². The zero-order valence-corrected chi connectivity index (χ0v) is 11.2. The van der Waals surface area contributed by atoms with Crippen molar-refractivity contribution in [1.82, 2.24) is 20.1 Å². The molecule has 1 N–H and O–H groups in total. The molecule has 4 heteroatoms. The third-order valence-corrected chi connectivity index (χ3v) is 3.07. The van der Waals surface area contributed by atoms with Crippen LogP contribution in [0.3, 0.4) is 0 Å². The fourth-order valence-electron chi connectivity index (χ4n) is 2.03. The molecule has 18 heavy (non-hydrogen) atoms. The van der Waals surface area contributed by atoms with Crippen LogP contribution >= 0.6 is 0 Å². The van der Waals surface area contributed by atoms with Crippen LogP contribution in [0.2, 0.25) is 0 Å². The van der Waals surface area contributed by atoms with Gasteiger partial charge in [-0.05, 0) is 45.0 Å². The first kappa shape index (κ1) is 12.8. The summed E-state index contributed by atoms with van der Waals surface area (Å²) in [6.07, 6.45) is 4.94. The van der Waals surface area contributed by atoms with Gasteiger partial charge in [-0.25, -0.2) is 0 Å². The Morgan fingerprint density at radius 2 is 2.22 bits per heavy atom. The van der Waals surface area contributed by atoms with Crippen molar-refractivity contribution in [2.75, 3.05) is 7.05 Å². The minimum atomic E-state index is 0.236. The smallest absolute Gasteiger partial charge is 0.0579 e. The molecular formula is C14H20N4. The molecular weight excluding hydrogens is 224 g/mol. The molecule has 0 aliphatic carbocycles. The quantitative estimate of drug-likeness (QED) is 0.876. The molecule has 4 nitrogen and oxygen atoms in total. The minimum absolute atomic E-state index is 0.236. The number of nitrogens with one attached hydrogen (secondary N) is 1. The number of likely N-dealkylation sites (N-methyl/N-ethyl adjacent to an activating group) is 1. The van der Waals surface area contributed by atoms with E-state index in [9.17, 15) is 0 Å². The molecule has 2 aromatic rings. The average molecular weight is 244 g/mol. The maximum absolute atomic E-state index is 4.58. The summed E-state index contributed by atoms with van der Waals surface area (Å²) in [5.41, 5.74) is 3.37. The van der Waals surface area contributed by atoms with Crippen LogP contribution < -0.4 is 5.32 Å². The summed E-state index contributed by atoms with van der Waals surface area (Å²) in [6, 6.07) is 6.38. The van der Waals surface area contributed by atoms with Crippen molar-refractivity contribution in [1.29, 1.82) is 0 Å². The Hall–Kier alpha value is -1.68. The third kappa shape index (κ3) is 2.96. The number of nitrogens with zero attached hydrogens (tertiary/aromatic N) is 3. The van der Waals surface area contributed by atoms with Gasteiger partial charge in [-0.2, -0.15) is 5.10 Å². The topological polar surface area (TPSA) is 42.7 Å².